The first-order valence-electron chi connectivity index (χ1n) is 11.0. The average Bonchev–Trinajstić information content (AvgIpc) is 2.84. The van der Waals surface area contributed by atoms with Gasteiger partial charge in [-0.25, -0.2) is 9.97 Å². The Labute approximate surface area is 193 Å². The highest BCUT2D eigenvalue weighted by Crippen LogP contribution is 2.38. The van der Waals surface area contributed by atoms with Crippen molar-refractivity contribution in [3.8, 4) is 11.5 Å². The van der Waals surface area contributed by atoms with Gasteiger partial charge in [-0.15, -0.1) is 0 Å². The number of nitrogens with one attached hydrogen (secondary N) is 1. The van der Waals surface area contributed by atoms with Crippen molar-refractivity contribution in [2.75, 3.05) is 19.5 Å². The molecule has 4 rings (SSSR count). The number of hydrogen-bond acceptors (Lipinski definition) is 6. The third-order valence-corrected chi connectivity index (χ3v) is 6.08. The molecule has 0 spiro atoms. The van der Waals surface area contributed by atoms with Crippen molar-refractivity contribution in [1.29, 1.82) is 0 Å². The van der Waals surface area contributed by atoms with Gasteiger partial charge in [0.15, 0.2) is 5.78 Å². The molecule has 1 aliphatic carbocycles. The van der Waals surface area contributed by atoms with E-state index >= 15 is 0 Å². The van der Waals surface area contributed by atoms with E-state index in [0.29, 0.717) is 42.0 Å². The zero-order chi connectivity index (χ0) is 23.4. The molecule has 1 N–H and O–H groups in total. The fourth-order valence-electron chi connectivity index (χ4n) is 4.34. The molecule has 0 fully saturated rings. The van der Waals surface area contributed by atoms with E-state index in [-0.39, 0.29) is 29.5 Å². The van der Waals surface area contributed by atoms with Gasteiger partial charge in [-0.3, -0.25) is 14.9 Å². The second-order valence-corrected chi connectivity index (χ2v) is 8.05. The van der Waals surface area contributed by atoms with Gasteiger partial charge in [-0.05, 0) is 30.0 Å². The quantitative estimate of drug-likeness (QED) is 0.574. The normalized spacial score (nSPS) is 16.0. The minimum atomic E-state index is -0.302. The van der Waals surface area contributed by atoms with Crippen molar-refractivity contribution in [2.24, 2.45) is 0 Å². The molecule has 7 nitrogen and oxygen atoms in total. The summed E-state index contributed by atoms with van der Waals surface area (Å²) in [6.45, 7) is 1.97. The van der Waals surface area contributed by atoms with E-state index in [2.05, 4.69) is 15.3 Å². The van der Waals surface area contributed by atoms with Gasteiger partial charge >= 0.3 is 0 Å². The van der Waals surface area contributed by atoms with Gasteiger partial charge in [0.2, 0.25) is 11.9 Å². The van der Waals surface area contributed by atoms with Crippen LogP contribution in [0.3, 0.4) is 0 Å². The van der Waals surface area contributed by atoms with Crippen molar-refractivity contribution in [2.45, 2.75) is 38.0 Å². The summed E-state index contributed by atoms with van der Waals surface area (Å²) in [5.41, 5.74) is 3.01. The molecule has 1 amide bonds. The van der Waals surface area contributed by atoms with Gasteiger partial charge in [0, 0.05) is 24.6 Å². The largest absolute Gasteiger partial charge is 0.497 e. The first-order valence-corrected chi connectivity index (χ1v) is 11.0. The van der Waals surface area contributed by atoms with E-state index < -0.39 is 0 Å². The lowest BCUT2D eigenvalue weighted by atomic mass is 9.82. The fourth-order valence-corrected chi connectivity index (χ4v) is 4.34. The number of ether oxygens (including phenoxy) is 2. The SMILES string of the molecule is CC[C@H](C(=O)Nc1ncc2c(n1)C[C@@H](c1ccc(OC)cc1OC)CC2=O)c1ccccc1. The smallest absolute Gasteiger partial charge is 0.234 e. The van der Waals surface area contributed by atoms with E-state index in [9.17, 15) is 9.59 Å². The molecule has 1 heterocycles. The molecular formula is C26H27N3O4. The average molecular weight is 446 g/mol. The second kappa shape index (κ2) is 9.81. The van der Waals surface area contributed by atoms with Crippen LogP contribution in [-0.4, -0.2) is 35.9 Å². The molecule has 1 aliphatic rings. The molecule has 0 bridgehead atoms. The number of Topliss-reactive ketones (excluding diaryl/α,β-unsaturated/α-hetero) is 1. The topological polar surface area (TPSA) is 90.4 Å². The van der Waals surface area contributed by atoms with E-state index in [1.807, 2.05) is 55.5 Å². The highest BCUT2D eigenvalue weighted by atomic mass is 16.5. The highest BCUT2D eigenvalue weighted by molar-refractivity contribution is 5.99. The van der Waals surface area contributed by atoms with Gasteiger partial charge < -0.3 is 9.47 Å². The van der Waals surface area contributed by atoms with Crippen molar-refractivity contribution < 1.29 is 19.1 Å². The fraction of sp³-hybridized carbons (Fsp3) is 0.308. The molecule has 0 unspecified atom stereocenters. The van der Waals surface area contributed by atoms with Crippen LogP contribution < -0.4 is 14.8 Å². The van der Waals surface area contributed by atoms with Crippen LogP contribution in [0.4, 0.5) is 5.95 Å². The minimum absolute atomic E-state index is 0.0206. The molecule has 170 valence electrons. The van der Waals surface area contributed by atoms with Crippen molar-refractivity contribution in [1.82, 2.24) is 9.97 Å². The number of carbonyl (C=O) groups excluding carboxylic acids is 2. The van der Waals surface area contributed by atoms with Crippen molar-refractivity contribution >= 4 is 17.6 Å². The molecule has 33 heavy (non-hydrogen) atoms. The Morgan fingerprint density at radius 1 is 1.12 bits per heavy atom. The van der Waals surface area contributed by atoms with Crippen LogP contribution in [0.15, 0.2) is 54.7 Å². The number of methoxy groups -OCH3 is 2. The van der Waals surface area contributed by atoms with Gasteiger partial charge in [0.1, 0.15) is 11.5 Å². The number of aromatic nitrogens is 2. The lowest BCUT2D eigenvalue weighted by molar-refractivity contribution is -0.117. The molecule has 2 atom stereocenters. The highest BCUT2D eigenvalue weighted by Gasteiger charge is 2.30. The standard InChI is InChI=1S/C26H27N3O4/c1-4-19(16-8-6-5-7-9-16)25(31)29-26-27-15-21-22(28-26)12-17(13-23(21)30)20-11-10-18(32-2)14-24(20)33-3/h5-11,14-15,17,19H,4,12-13H2,1-3H3,(H,27,28,29,31)/t17-,19+/m1/s1. The second-order valence-electron chi connectivity index (χ2n) is 8.05. The molecule has 0 radical (unpaired) electrons. The Morgan fingerprint density at radius 2 is 1.91 bits per heavy atom. The number of amides is 1. The van der Waals surface area contributed by atoms with Gasteiger partial charge in [-0.2, -0.15) is 0 Å². The van der Waals surface area contributed by atoms with E-state index in [0.717, 1.165) is 11.1 Å². The third-order valence-electron chi connectivity index (χ3n) is 6.08. The maximum Gasteiger partial charge on any atom is 0.234 e. The zero-order valence-corrected chi connectivity index (χ0v) is 19.0. The van der Waals surface area contributed by atoms with Crippen LogP contribution >= 0.6 is 0 Å². The maximum atomic E-state index is 12.9. The van der Waals surface area contributed by atoms with Crippen LogP contribution in [0.5, 0.6) is 11.5 Å². The predicted molar refractivity (Wildman–Crippen MR) is 125 cm³/mol. The predicted octanol–water partition coefficient (Wildman–Crippen LogP) is 4.54. The molecular weight excluding hydrogens is 418 g/mol. The molecule has 3 aromatic rings. The molecule has 2 aromatic carbocycles. The van der Waals surface area contributed by atoms with Gasteiger partial charge in [-0.1, -0.05) is 43.3 Å². The maximum absolute atomic E-state index is 12.9. The number of hydrogen-bond donors (Lipinski definition) is 1. The molecule has 1 aromatic heterocycles. The Bertz CT molecular complexity index is 1160. The Balaban J connectivity index is 1.57. The number of carbonyl (C=O) groups is 2. The van der Waals surface area contributed by atoms with Crippen LogP contribution in [0.25, 0.3) is 0 Å². The van der Waals surface area contributed by atoms with Crippen molar-refractivity contribution in [3.63, 3.8) is 0 Å². The Hall–Kier alpha value is -3.74. The number of nitrogens with zero attached hydrogens (tertiary/aromatic N) is 2. The summed E-state index contributed by atoms with van der Waals surface area (Å²) in [6, 6.07) is 15.2. The molecule has 0 saturated carbocycles. The summed E-state index contributed by atoms with van der Waals surface area (Å²) in [5.74, 6) is 0.997. The van der Waals surface area contributed by atoms with E-state index in [1.165, 1.54) is 6.20 Å². The van der Waals surface area contributed by atoms with Crippen LogP contribution in [0.2, 0.25) is 0 Å². The number of fused-ring (bicyclic) bond motifs is 1. The van der Waals surface area contributed by atoms with Gasteiger partial charge in [0.25, 0.3) is 0 Å². The molecule has 7 heteroatoms. The van der Waals surface area contributed by atoms with Crippen LogP contribution in [-0.2, 0) is 11.2 Å². The third kappa shape index (κ3) is 4.72. The lowest BCUT2D eigenvalue weighted by Crippen LogP contribution is -2.25. The summed E-state index contributed by atoms with van der Waals surface area (Å²) in [7, 11) is 3.20. The molecule has 0 aliphatic heterocycles. The molecule has 0 saturated heterocycles. The summed E-state index contributed by atoms with van der Waals surface area (Å²) in [4.78, 5) is 34.5. The number of rotatable bonds is 7. The van der Waals surface area contributed by atoms with E-state index in [1.54, 1.807) is 14.2 Å². The summed E-state index contributed by atoms with van der Waals surface area (Å²) >= 11 is 0. The first kappa shape index (κ1) is 22.5. The summed E-state index contributed by atoms with van der Waals surface area (Å²) < 4.78 is 10.8. The zero-order valence-electron chi connectivity index (χ0n) is 19.0. The van der Waals surface area contributed by atoms with Gasteiger partial charge in [0.05, 0.1) is 31.4 Å². The van der Waals surface area contributed by atoms with Crippen molar-refractivity contribution in [3.05, 3.63) is 77.1 Å². The lowest BCUT2D eigenvalue weighted by Gasteiger charge is -2.25. The number of anilines is 1. The Kier molecular flexibility index (Phi) is 6.68. The van der Waals surface area contributed by atoms with Crippen LogP contribution in [0, 0.1) is 0 Å². The van der Waals surface area contributed by atoms with Crippen LogP contribution in [0.1, 0.15) is 58.8 Å². The minimum Gasteiger partial charge on any atom is -0.497 e. The number of ketones is 1. The monoisotopic (exact) mass is 445 g/mol. The summed E-state index contributed by atoms with van der Waals surface area (Å²) in [6.07, 6.45) is 3.06. The first-order chi connectivity index (χ1) is 16.0. The number of benzene rings is 2. The Morgan fingerprint density at radius 3 is 2.61 bits per heavy atom. The van der Waals surface area contributed by atoms with E-state index in [4.69, 9.17) is 9.47 Å². The summed E-state index contributed by atoms with van der Waals surface area (Å²) in [5, 5.41) is 2.83.